The summed E-state index contributed by atoms with van der Waals surface area (Å²) in [5, 5.41) is 7.81. The van der Waals surface area contributed by atoms with Crippen molar-refractivity contribution in [2.24, 2.45) is 0 Å². The number of aromatic nitrogens is 2. The number of hydrogen-bond donors (Lipinski definition) is 2. The molecule has 1 fully saturated rings. The van der Waals surface area contributed by atoms with Crippen LogP contribution in [0.5, 0.6) is 5.75 Å². The molecule has 0 saturated carbocycles. The Morgan fingerprint density at radius 2 is 1.77 bits per heavy atom. The summed E-state index contributed by atoms with van der Waals surface area (Å²) in [4.78, 5) is 6.96. The Labute approximate surface area is 211 Å². The fraction of sp³-hybridized carbons (Fsp3) is 0.214. The zero-order valence-electron chi connectivity index (χ0n) is 19.7. The van der Waals surface area contributed by atoms with E-state index in [1.807, 2.05) is 54.7 Å². The summed E-state index contributed by atoms with van der Waals surface area (Å²) in [6, 6.07) is 28.5. The molecule has 0 radical (unpaired) electrons. The van der Waals surface area contributed by atoms with Gasteiger partial charge in [0.25, 0.3) is 0 Å². The van der Waals surface area contributed by atoms with E-state index in [1.54, 1.807) is 7.11 Å². The Morgan fingerprint density at radius 1 is 0.971 bits per heavy atom. The van der Waals surface area contributed by atoms with Crippen molar-refractivity contribution in [3.8, 4) is 11.4 Å². The van der Waals surface area contributed by atoms with Gasteiger partial charge in [0.1, 0.15) is 5.75 Å². The Kier molecular flexibility index (Phi) is 6.95. The molecule has 0 spiro atoms. The number of methoxy groups -OCH3 is 1. The van der Waals surface area contributed by atoms with Crippen LogP contribution < -0.4 is 15.4 Å². The molecular weight excluding hydrogens is 454 g/mol. The first-order valence-corrected chi connectivity index (χ1v) is 12.2. The molecule has 1 aliphatic heterocycles. The van der Waals surface area contributed by atoms with E-state index < -0.39 is 0 Å². The average Bonchev–Trinajstić information content (AvgIpc) is 3.52. The van der Waals surface area contributed by atoms with E-state index in [0.29, 0.717) is 0 Å². The summed E-state index contributed by atoms with van der Waals surface area (Å²) in [6.07, 6.45) is 4.86. The number of rotatable bonds is 9. The lowest BCUT2D eigenvalue weighted by Crippen LogP contribution is -2.32. The molecule has 35 heavy (non-hydrogen) atoms. The molecule has 5 rings (SSSR count). The quantitative estimate of drug-likeness (QED) is 0.247. The van der Waals surface area contributed by atoms with Crippen LogP contribution in [0.15, 0.2) is 97.3 Å². The van der Waals surface area contributed by atoms with Gasteiger partial charge in [0, 0.05) is 36.9 Å². The molecule has 2 N–H and O–H groups in total. The van der Waals surface area contributed by atoms with Crippen LogP contribution in [0.3, 0.4) is 0 Å². The van der Waals surface area contributed by atoms with Gasteiger partial charge in [-0.25, -0.2) is 0 Å². The average molecular weight is 484 g/mol. The predicted molar refractivity (Wildman–Crippen MR) is 144 cm³/mol. The first-order valence-electron chi connectivity index (χ1n) is 11.8. The minimum absolute atomic E-state index is 0.0194. The zero-order chi connectivity index (χ0) is 24.0. The van der Waals surface area contributed by atoms with Gasteiger partial charge >= 0.3 is 0 Å². The number of anilines is 1. The maximum absolute atomic E-state index is 5.85. The fourth-order valence-electron chi connectivity index (χ4n) is 4.69. The SMILES string of the molecule is COc1ccccc1-n1cccc1[C@@H]1[C@H](c2ccccn2)NC(=S)N1CCCNc1ccccc1. The van der Waals surface area contributed by atoms with Crippen molar-refractivity contribution in [1.82, 2.24) is 19.8 Å². The molecule has 1 aliphatic rings. The number of thiocarbonyl (C=S) groups is 1. The van der Waals surface area contributed by atoms with Crippen LogP contribution in [0, 0.1) is 0 Å². The number of ether oxygens (including phenoxy) is 1. The summed E-state index contributed by atoms with van der Waals surface area (Å²) in [5.41, 5.74) is 4.23. The van der Waals surface area contributed by atoms with Gasteiger partial charge in [0.05, 0.1) is 30.6 Å². The van der Waals surface area contributed by atoms with Crippen LogP contribution in [0.1, 0.15) is 29.9 Å². The summed E-state index contributed by atoms with van der Waals surface area (Å²) in [7, 11) is 1.71. The molecule has 4 aromatic rings. The molecule has 7 heteroatoms. The largest absolute Gasteiger partial charge is 0.495 e. The molecule has 2 aromatic heterocycles. The van der Waals surface area contributed by atoms with Crippen molar-refractivity contribution in [2.75, 3.05) is 25.5 Å². The highest BCUT2D eigenvalue weighted by Gasteiger charge is 2.41. The van der Waals surface area contributed by atoms with Crippen molar-refractivity contribution >= 4 is 23.0 Å². The second-order valence-electron chi connectivity index (χ2n) is 8.44. The molecule has 1 saturated heterocycles. The number of nitrogens with one attached hydrogen (secondary N) is 2. The molecule has 178 valence electrons. The van der Waals surface area contributed by atoms with Crippen molar-refractivity contribution < 1.29 is 4.74 Å². The third-order valence-electron chi connectivity index (χ3n) is 6.30. The Bertz CT molecular complexity index is 1260. The lowest BCUT2D eigenvalue weighted by Gasteiger charge is -2.29. The number of para-hydroxylation sites is 3. The molecule has 0 amide bonds. The number of hydrogen-bond acceptors (Lipinski definition) is 4. The van der Waals surface area contributed by atoms with Gasteiger partial charge in [-0.15, -0.1) is 0 Å². The number of nitrogens with zero attached hydrogens (tertiary/aromatic N) is 3. The van der Waals surface area contributed by atoms with Crippen molar-refractivity contribution in [3.05, 3.63) is 109 Å². The lowest BCUT2D eigenvalue weighted by molar-refractivity contribution is 0.307. The minimum Gasteiger partial charge on any atom is -0.495 e. The van der Waals surface area contributed by atoms with Crippen LogP contribution >= 0.6 is 12.2 Å². The standard InChI is InChI=1S/C28H29N5OS/c1-34-25-16-6-5-14-23(25)32-19-9-15-24(32)27-26(22-13-7-8-17-30-22)31-28(35)33(27)20-10-18-29-21-11-3-2-4-12-21/h2-9,11-17,19,26-27,29H,10,18,20H2,1H3,(H,31,35)/t26-,27+/m0/s1. The summed E-state index contributed by atoms with van der Waals surface area (Å²) in [6.45, 7) is 1.67. The maximum atomic E-state index is 5.85. The van der Waals surface area contributed by atoms with Crippen LogP contribution in [-0.4, -0.2) is 39.8 Å². The molecule has 0 bridgehead atoms. The summed E-state index contributed by atoms with van der Waals surface area (Å²) >= 11 is 5.85. The smallest absolute Gasteiger partial charge is 0.170 e. The van der Waals surface area contributed by atoms with E-state index in [9.17, 15) is 0 Å². The van der Waals surface area contributed by atoms with Gasteiger partial charge < -0.3 is 24.8 Å². The predicted octanol–water partition coefficient (Wildman–Crippen LogP) is 5.36. The molecule has 0 aliphatic carbocycles. The topological polar surface area (TPSA) is 54.4 Å². The summed E-state index contributed by atoms with van der Waals surface area (Å²) < 4.78 is 7.87. The normalized spacial score (nSPS) is 17.3. The van der Waals surface area contributed by atoms with E-state index in [0.717, 1.165) is 53.1 Å². The molecule has 6 nitrogen and oxygen atoms in total. The van der Waals surface area contributed by atoms with E-state index in [1.165, 1.54) is 0 Å². The van der Waals surface area contributed by atoms with E-state index in [2.05, 4.69) is 67.7 Å². The highest BCUT2D eigenvalue weighted by molar-refractivity contribution is 7.80. The third kappa shape index (κ3) is 4.86. The van der Waals surface area contributed by atoms with Crippen molar-refractivity contribution in [2.45, 2.75) is 18.5 Å². The minimum atomic E-state index is -0.0610. The first-order chi connectivity index (χ1) is 17.3. The van der Waals surface area contributed by atoms with Gasteiger partial charge in [-0.3, -0.25) is 4.98 Å². The molecule has 0 unspecified atom stereocenters. The number of pyridine rings is 1. The van der Waals surface area contributed by atoms with Crippen LogP contribution in [-0.2, 0) is 0 Å². The van der Waals surface area contributed by atoms with Crippen LogP contribution in [0.2, 0.25) is 0 Å². The molecule has 2 aromatic carbocycles. The van der Waals surface area contributed by atoms with Gasteiger partial charge in [-0.1, -0.05) is 36.4 Å². The molecular formula is C28H29N5OS. The molecule has 3 heterocycles. The van der Waals surface area contributed by atoms with Crippen molar-refractivity contribution in [1.29, 1.82) is 0 Å². The highest BCUT2D eigenvalue weighted by atomic mass is 32.1. The van der Waals surface area contributed by atoms with E-state index >= 15 is 0 Å². The Balaban J connectivity index is 1.45. The second kappa shape index (κ2) is 10.6. The highest BCUT2D eigenvalue weighted by Crippen LogP contribution is 2.40. The van der Waals surface area contributed by atoms with Crippen LogP contribution in [0.25, 0.3) is 5.69 Å². The molecule has 2 atom stereocenters. The van der Waals surface area contributed by atoms with Gasteiger partial charge in [-0.2, -0.15) is 0 Å². The maximum Gasteiger partial charge on any atom is 0.170 e. The van der Waals surface area contributed by atoms with E-state index in [4.69, 9.17) is 17.0 Å². The van der Waals surface area contributed by atoms with Gasteiger partial charge in [-0.05, 0) is 67.2 Å². The Morgan fingerprint density at radius 3 is 2.57 bits per heavy atom. The van der Waals surface area contributed by atoms with Gasteiger partial charge in [0.2, 0.25) is 0 Å². The van der Waals surface area contributed by atoms with Gasteiger partial charge in [0.15, 0.2) is 5.11 Å². The van der Waals surface area contributed by atoms with E-state index in [-0.39, 0.29) is 12.1 Å². The second-order valence-corrected chi connectivity index (χ2v) is 8.83. The monoisotopic (exact) mass is 483 g/mol. The lowest BCUT2D eigenvalue weighted by atomic mass is 10.0. The van der Waals surface area contributed by atoms with Crippen LogP contribution in [0.4, 0.5) is 5.69 Å². The third-order valence-corrected chi connectivity index (χ3v) is 6.66. The fourth-order valence-corrected chi connectivity index (χ4v) is 5.02. The zero-order valence-corrected chi connectivity index (χ0v) is 20.5. The first kappa shape index (κ1) is 22.9. The van der Waals surface area contributed by atoms with Crippen molar-refractivity contribution in [3.63, 3.8) is 0 Å². The summed E-state index contributed by atoms with van der Waals surface area (Å²) in [5.74, 6) is 0.825. The Hall–Kier alpha value is -3.84. The number of benzene rings is 2.